The summed E-state index contributed by atoms with van der Waals surface area (Å²) in [6.45, 7) is 3.43. The second kappa shape index (κ2) is 8.97. The predicted molar refractivity (Wildman–Crippen MR) is 111 cm³/mol. The lowest BCUT2D eigenvalue weighted by Crippen LogP contribution is -2.44. The van der Waals surface area contributed by atoms with Crippen molar-refractivity contribution in [3.63, 3.8) is 0 Å². The van der Waals surface area contributed by atoms with Crippen LogP contribution < -0.4 is 0 Å². The van der Waals surface area contributed by atoms with Crippen LogP contribution in [0.4, 0.5) is 8.78 Å². The van der Waals surface area contributed by atoms with Gasteiger partial charge in [-0.3, -0.25) is 0 Å². The summed E-state index contributed by atoms with van der Waals surface area (Å²) in [6, 6.07) is 12.6. The summed E-state index contributed by atoms with van der Waals surface area (Å²) < 4.78 is 40.6. The van der Waals surface area contributed by atoms with Crippen LogP contribution in [0.15, 0.2) is 65.7 Å². The smallest absolute Gasteiger partial charge is 0.163 e. The van der Waals surface area contributed by atoms with Crippen LogP contribution >= 0.6 is 0 Å². The Morgan fingerprint density at radius 1 is 1.16 bits per heavy atom. The zero-order valence-corrected chi connectivity index (χ0v) is 17.6. The normalized spacial score (nSPS) is 14.3. The Labute approximate surface area is 183 Å². The molecule has 7 nitrogen and oxygen atoms in total. The van der Waals surface area contributed by atoms with Crippen molar-refractivity contribution in [2.75, 3.05) is 0 Å². The molecule has 2 aromatic heterocycles. The summed E-state index contributed by atoms with van der Waals surface area (Å²) in [5.41, 5.74) is 0.716. The summed E-state index contributed by atoms with van der Waals surface area (Å²) in [5, 5.41) is 19.5. The third kappa shape index (κ3) is 4.58. The number of halogens is 2. The standard InChI is InChI=1S/C23H22F2N4O3/c1-15-3-5-17(6-4-15)22-10-19(32-28-22)11-31-16(2)23(30,12-29-14-26-13-27-29)20-8-7-18(24)9-21(20)25/h3-10,13-14,16,30H,11-12H2,1-2H3/t16-,23?/m1/s1. The highest BCUT2D eigenvalue weighted by Gasteiger charge is 2.40. The van der Waals surface area contributed by atoms with Crippen molar-refractivity contribution >= 4 is 0 Å². The van der Waals surface area contributed by atoms with Gasteiger partial charge in [0.2, 0.25) is 0 Å². The van der Waals surface area contributed by atoms with Gasteiger partial charge in [-0.25, -0.2) is 18.4 Å². The van der Waals surface area contributed by atoms with Crippen molar-refractivity contribution in [1.29, 1.82) is 0 Å². The quantitative estimate of drug-likeness (QED) is 0.446. The minimum absolute atomic E-state index is 0.0114. The van der Waals surface area contributed by atoms with Crippen molar-refractivity contribution in [3.8, 4) is 11.3 Å². The first-order valence-corrected chi connectivity index (χ1v) is 10.00. The van der Waals surface area contributed by atoms with E-state index in [0.717, 1.165) is 23.3 Å². The highest BCUT2D eigenvalue weighted by molar-refractivity contribution is 5.59. The maximum atomic E-state index is 14.6. The van der Waals surface area contributed by atoms with E-state index >= 15 is 0 Å². The van der Waals surface area contributed by atoms with Gasteiger partial charge < -0.3 is 14.4 Å². The Balaban J connectivity index is 1.54. The molecule has 9 heteroatoms. The van der Waals surface area contributed by atoms with Crippen LogP contribution in [-0.4, -0.2) is 31.1 Å². The predicted octanol–water partition coefficient (Wildman–Crippen LogP) is 4.01. The average molecular weight is 440 g/mol. The van der Waals surface area contributed by atoms with Crippen LogP contribution in [0.2, 0.25) is 0 Å². The topological polar surface area (TPSA) is 86.2 Å². The number of ether oxygens (including phenoxy) is 1. The number of aromatic nitrogens is 4. The molecule has 1 N–H and O–H groups in total. The first-order valence-electron chi connectivity index (χ1n) is 10.00. The van der Waals surface area contributed by atoms with E-state index in [-0.39, 0.29) is 18.7 Å². The zero-order valence-electron chi connectivity index (χ0n) is 17.6. The fourth-order valence-corrected chi connectivity index (χ4v) is 3.42. The summed E-state index contributed by atoms with van der Waals surface area (Å²) in [5.74, 6) is -1.19. The lowest BCUT2D eigenvalue weighted by atomic mass is 9.88. The van der Waals surface area contributed by atoms with Crippen LogP contribution in [0.5, 0.6) is 0 Å². The molecule has 1 unspecified atom stereocenters. The van der Waals surface area contributed by atoms with Gasteiger partial charge >= 0.3 is 0 Å². The molecule has 0 bridgehead atoms. The molecule has 2 atom stereocenters. The van der Waals surface area contributed by atoms with Gasteiger partial charge in [0.1, 0.15) is 42.2 Å². The molecule has 2 aromatic carbocycles. The van der Waals surface area contributed by atoms with Crippen molar-refractivity contribution in [2.45, 2.75) is 38.7 Å². The van der Waals surface area contributed by atoms with Gasteiger partial charge in [-0.1, -0.05) is 41.1 Å². The van der Waals surface area contributed by atoms with Crippen LogP contribution in [-0.2, 0) is 23.5 Å². The first-order chi connectivity index (χ1) is 15.3. The zero-order chi connectivity index (χ0) is 22.7. The van der Waals surface area contributed by atoms with Crippen LogP contribution in [0.3, 0.4) is 0 Å². The van der Waals surface area contributed by atoms with Crippen molar-refractivity contribution in [2.24, 2.45) is 0 Å². The molecule has 0 saturated carbocycles. The van der Waals surface area contributed by atoms with Crippen molar-refractivity contribution in [3.05, 3.63) is 89.7 Å². The molecular formula is C23H22F2N4O3. The van der Waals surface area contributed by atoms with Gasteiger partial charge in [-0.2, -0.15) is 5.10 Å². The van der Waals surface area contributed by atoms with Gasteiger partial charge in [0.25, 0.3) is 0 Å². The van der Waals surface area contributed by atoms with E-state index in [0.29, 0.717) is 11.5 Å². The van der Waals surface area contributed by atoms with E-state index in [1.54, 1.807) is 13.0 Å². The molecule has 0 aliphatic heterocycles. The SMILES string of the molecule is Cc1ccc(-c2cc(CO[C@H](C)C(O)(Cn3cncn3)c3ccc(F)cc3F)on2)cc1. The number of hydrogen-bond acceptors (Lipinski definition) is 6. The van der Waals surface area contributed by atoms with Crippen LogP contribution in [0.25, 0.3) is 11.3 Å². The van der Waals surface area contributed by atoms with Gasteiger partial charge in [0.15, 0.2) is 5.76 Å². The molecule has 4 aromatic rings. The second-order valence-corrected chi connectivity index (χ2v) is 7.64. The largest absolute Gasteiger partial charge is 0.380 e. The molecule has 0 spiro atoms. The summed E-state index contributed by atoms with van der Waals surface area (Å²) in [4.78, 5) is 3.85. The van der Waals surface area contributed by atoms with Gasteiger partial charge in [0.05, 0.1) is 12.6 Å². The molecule has 0 fully saturated rings. The molecule has 166 valence electrons. The lowest BCUT2D eigenvalue weighted by molar-refractivity contribution is -0.126. The Kier molecular flexibility index (Phi) is 6.11. The Bertz CT molecular complexity index is 1180. The molecule has 2 heterocycles. The van der Waals surface area contributed by atoms with E-state index in [4.69, 9.17) is 9.26 Å². The third-order valence-corrected chi connectivity index (χ3v) is 5.32. The fraction of sp³-hybridized carbons (Fsp3) is 0.261. The highest BCUT2D eigenvalue weighted by atomic mass is 19.1. The van der Waals surface area contributed by atoms with Gasteiger partial charge in [0, 0.05) is 23.3 Å². The van der Waals surface area contributed by atoms with Gasteiger partial charge in [-0.15, -0.1) is 0 Å². The molecule has 4 rings (SSSR count). The Morgan fingerprint density at radius 3 is 2.62 bits per heavy atom. The van der Waals surface area contributed by atoms with E-state index in [2.05, 4.69) is 15.2 Å². The minimum Gasteiger partial charge on any atom is -0.380 e. The second-order valence-electron chi connectivity index (χ2n) is 7.64. The Hall–Kier alpha value is -3.43. The first kappa shape index (κ1) is 21.8. The average Bonchev–Trinajstić information content (AvgIpc) is 3.44. The number of rotatable bonds is 8. The number of aryl methyl sites for hydroxylation is 1. The number of nitrogens with zero attached hydrogens (tertiary/aromatic N) is 4. The maximum Gasteiger partial charge on any atom is 0.163 e. The van der Waals surface area contributed by atoms with E-state index in [1.807, 2.05) is 31.2 Å². The lowest BCUT2D eigenvalue weighted by Gasteiger charge is -2.34. The third-order valence-electron chi connectivity index (χ3n) is 5.32. The summed E-state index contributed by atoms with van der Waals surface area (Å²) in [6.07, 6.45) is 1.77. The summed E-state index contributed by atoms with van der Waals surface area (Å²) in [7, 11) is 0. The number of benzene rings is 2. The monoisotopic (exact) mass is 440 g/mol. The molecule has 0 aliphatic carbocycles. The van der Waals surface area contributed by atoms with Crippen LogP contribution in [0, 0.1) is 18.6 Å². The highest BCUT2D eigenvalue weighted by Crippen LogP contribution is 2.32. The van der Waals surface area contributed by atoms with Crippen molar-refractivity contribution in [1.82, 2.24) is 19.9 Å². The van der Waals surface area contributed by atoms with Crippen molar-refractivity contribution < 1.29 is 23.1 Å². The van der Waals surface area contributed by atoms with E-state index < -0.39 is 23.3 Å². The van der Waals surface area contributed by atoms with Crippen LogP contribution in [0.1, 0.15) is 23.8 Å². The Morgan fingerprint density at radius 2 is 1.94 bits per heavy atom. The molecule has 0 saturated heterocycles. The fourth-order valence-electron chi connectivity index (χ4n) is 3.42. The number of aliphatic hydroxyl groups is 1. The van der Waals surface area contributed by atoms with E-state index in [9.17, 15) is 13.9 Å². The molecule has 0 aliphatic rings. The van der Waals surface area contributed by atoms with E-state index in [1.165, 1.54) is 23.4 Å². The molecule has 0 radical (unpaired) electrons. The van der Waals surface area contributed by atoms with Gasteiger partial charge in [-0.05, 0) is 19.9 Å². The molecule has 32 heavy (non-hydrogen) atoms. The number of hydrogen-bond donors (Lipinski definition) is 1. The summed E-state index contributed by atoms with van der Waals surface area (Å²) >= 11 is 0. The molecule has 0 amide bonds. The minimum atomic E-state index is -1.86. The maximum absolute atomic E-state index is 14.6. The molecular weight excluding hydrogens is 418 g/mol.